The lowest BCUT2D eigenvalue weighted by Crippen LogP contribution is -2.36. The molecule has 1 aromatic rings. The van der Waals surface area contributed by atoms with Gasteiger partial charge in [-0.25, -0.2) is 0 Å². The molecule has 17 heavy (non-hydrogen) atoms. The van der Waals surface area contributed by atoms with Gasteiger partial charge in [-0.2, -0.15) is 0 Å². The molecule has 0 radical (unpaired) electrons. The first-order valence-corrected chi connectivity index (χ1v) is 6.33. The van der Waals surface area contributed by atoms with Gasteiger partial charge >= 0.3 is 0 Å². The number of nitrogens with one attached hydrogen (secondary N) is 1. The Kier molecular flexibility index (Phi) is 5.59. The summed E-state index contributed by atoms with van der Waals surface area (Å²) in [4.78, 5) is 4.40. The molecule has 1 atom stereocenters. The third-order valence-electron chi connectivity index (χ3n) is 3.19. The van der Waals surface area contributed by atoms with Crippen molar-refractivity contribution in [1.82, 2.24) is 10.3 Å². The van der Waals surface area contributed by atoms with E-state index in [4.69, 9.17) is 5.11 Å². The Morgan fingerprint density at radius 3 is 2.71 bits per heavy atom. The minimum Gasteiger partial charge on any atom is -0.396 e. The Morgan fingerprint density at radius 2 is 2.18 bits per heavy atom. The van der Waals surface area contributed by atoms with Gasteiger partial charge in [-0.05, 0) is 24.5 Å². The van der Waals surface area contributed by atoms with Crippen LogP contribution in [-0.2, 0) is 5.41 Å². The van der Waals surface area contributed by atoms with E-state index in [1.165, 1.54) is 0 Å². The number of hydrogen-bond donors (Lipinski definition) is 2. The molecule has 0 aromatic carbocycles. The molecule has 2 N–H and O–H groups in total. The first-order valence-electron chi connectivity index (χ1n) is 6.33. The highest BCUT2D eigenvalue weighted by Crippen LogP contribution is 2.19. The van der Waals surface area contributed by atoms with Crippen LogP contribution in [-0.4, -0.2) is 29.8 Å². The summed E-state index contributed by atoms with van der Waals surface area (Å²) in [6.45, 7) is 8.47. The highest BCUT2D eigenvalue weighted by atomic mass is 16.3. The molecule has 1 aromatic heterocycles. The molecule has 96 valence electrons. The fraction of sp³-hybridized carbons (Fsp3) is 0.643. The third-order valence-corrected chi connectivity index (χ3v) is 3.19. The summed E-state index contributed by atoms with van der Waals surface area (Å²) >= 11 is 0. The van der Waals surface area contributed by atoms with Gasteiger partial charge in [0.05, 0.1) is 0 Å². The summed E-state index contributed by atoms with van der Waals surface area (Å²) in [5.41, 5.74) is 1.12. The average molecular weight is 236 g/mol. The van der Waals surface area contributed by atoms with Crippen LogP contribution in [0.25, 0.3) is 0 Å². The van der Waals surface area contributed by atoms with E-state index in [9.17, 15) is 0 Å². The largest absolute Gasteiger partial charge is 0.396 e. The molecule has 0 saturated heterocycles. The van der Waals surface area contributed by atoms with Crippen LogP contribution in [0.2, 0.25) is 0 Å². The number of aromatic nitrogens is 1. The molecule has 0 aliphatic carbocycles. The van der Waals surface area contributed by atoms with E-state index >= 15 is 0 Å². The van der Waals surface area contributed by atoms with Crippen LogP contribution >= 0.6 is 0 Å². The Bertz CT molecular complexity index is 307. The fourth-order valence-corrected chi connectivity index (χ4v) is 1.78. The first kappa shape index (κ1) is 14.1. The van der Waals surface area contributed by atoms with E-state index < -0.39 is 0 Å². The maximum atomic E-state index is 9.12. The van der Waals surface area contributed by atoms with Gasteiger partial charge in [0, 0.05) is 37.0 Å². The molecule has 1 unspecified atom stereocenters. The van der Waals surface area contributed by atoms with Crippen LogP contribution in [0, 0.1) is 5.92 Å². The predicted octanol–water partition coefficient (Wildman–Crippen LogP) is 1.97. The summed E-state index contributed by atoms with van der Waals surface area (Å²) < 4.78 is 0. The standard InChI is InChI=1S/C14H24N2O/c1-4-12(10-17)9-15-11-14(2,3)13-7-5-6-8-16-13/h5-8,12,15,17H,4,9-11H2,1-3H3. The van der Waals surface area contributed by atoms with Crippen molar-refractivity contribution >= 4 is 0 Å². The van der Waals surface area contributed by atoms with Crippen LogP contribution in [0.3, 0.4) is 0 Å². The lowest BCUT2D eigenvalue weighted by atomic mass is 9.88. The van der Waals surface area contributed by atoms with Gasteiger partial charge in [-0.3, -0.25) is 4.98 Å². The van der Waals surface area contributed by atoms with E-state index in [1.807, 2.05) is 18.3 Å². The molecular formula is C14H24N2O. The zero-order valence-corrected chi connectivity index (χ0v) is 11.1. The topological polar surface area (TPSA) is 45.1 Å². The van der Waals surface area contributed by atoms with E-state index in [0.29, 0.717) is 5.92 Å². The Morgan fingerprint density at radius 1 is 1.41 bits per heavy atom. The monoisotopic (exact) mass is 236 g/mol. The second-order valence-electron chi connectivity index (χ2n) is 5.19. The average Bonchev–Trinajstić information content (AvgIpc) is 2.36. The number of aliphatic hydroxyl groups excluding tert-OH is 1. The molecule has 0 saturated carbocycles. The fourth-order valence-electron chi connectivity index (χ4n) is 1.78. The van der Waals surface area contributed by atoms with Crippen LogP contribution in [0.4, 0.5) is 0 Å². The van der Waals surface area contributed by atoms with Gasteiger partial charge in [0.1, 0.15) is 0 Å². The van der Waals surface area contributed by atoms with Crippen molar-refractivity contribution in [2.75, 3.05) is 19.7 Å². The molecule has 3 heteroatoms. The van der Waals surface area contributed by atoms with E-state index in [-0.39, 0.29) is 12.0 Å². The Labute approximate surface area is 104 Å². The maximum absolute atomic E-state index is 9.12. The summed E-state index contributed by atoms with van der Waals surface area (Å²) in [6.07, 6.45) is 2.84. The number of nitrogens with zero attached hydrogens (tertiary/aromatic N) is 1. The number of hydrogen-bond acceptors (Lipinski definition) is 3. The summed E-state index contributed by atoms with van der Waals surface area (Å²) in [7, 11) is 0. The van der Waals surface area contributed by atoms with Crippen molar-refractivity contribution in [2.45, 2.75) is 32.6 Å². The lowest BCUT2D eigenvalue weighted by Gasteiger charge is -2.25. The molecule has 0 bridgehead atoms. The molecule has 1 heterocycles. The Balaban J connectivity index is 2.45. The van der Waals surface area contributed by atoms with E-state index in [2.05, 4.69) is 37.1 Å². The smallest absolute Gasteiger partial charge is 0.0472 e. The lowest BCUT2D eigenvalue weighted by molar-refractivity contribution is 0.216. The third kappa shape index (κ3) is 4.44. The van der Waals surface area contributed by atoms with Crippen molar-refractivity contribution < 1.29 is 5.11 Å². The first-order chi connectivity index (χ1) is 8.10. The SMILES string of the molecule is CCC(CO)CNCC(C)(C)c1ccccn1. The van der Waals surface area contributed by atoms with Gasteiger partial charge in [-0.15, -0.1) is 0 Å². The van der Waals surface area contributed by atoms with Crippen LogP contribution < -0.4 is 5.32 Å². The molecule has 3 nitrogen and oxygen atoms in total. The number of rotatable bonds is 7. The maximum Gasteiger partial charge on any atom is 0.0472 e. The van der Waals surface area contributed by atoms with Crippen LogP contribution in [0.5, 0.6) is 0 Å². The van der Waals surface area contributed by atoms with Crippen LogP contribution in [0.15, 0.2) is 24.4 Å². The molecule has 0 amide bonds. The second kappa shape index (κ2) is 6.72. The zero-order chi connectivity index (χ0) is 12.7. The molecule has 0 aliphatic heterocycles. The summed E-state index contributed by atoms with van der Waals surface area (Å²) in [5, 5.41) is 12.5. The van der Waals surface area contributed by atoms with Gasteiger partial charge in [0.15, 0.2) is 0 Å². The van der Waals surface area contributed by atoms with Crippen LogP contribution in [0.1, 0.15) is 32.9 Å². The van der Waals surface area contributed by atoms with Gasteiger partial charge in [-0.1, -0.05) is 26.8 Å². The molecular weight excluding hydrogens is 212 g/mol. The highest BCUT2D eigenvalue weighted by molar-refractivity contribution is 5.14. The molecule has 1 rings (SSSR count). The summed E-state index contributed by atoms with van der Waals surface area (Å²) in [5.74, 6) is 0.356. The predicted molar refractivity (Wildman–Crippen MR) is 71.0 cm³/mol. The Hall–Kier alpha value is -0.930. The minimum atomic E-state index is 0.0228. The molecule has 0 spiro atoms. The van der Waals surface area contributed by atoms with Crippen molar-refractivity contribution in [1.29, 1.82) is 0 Å². The summed E-state index contributed by atoms with van der Waals surface area (Å²) in [6, 6.07) is 6.02. The van der Waals surface area contributed by atoms with E-state index in [1.54, 1.807) is 0 Å². The van der Waals surface area contributed by atoms with Crippen molar-refractivity contribution in [3.63, 3.8) is 0 Å². The highest BCUT2D eigenvalue weighted by Gasteiger charge is 2.21. The normalized spacial score (nSPS) is 13.6. The van der Waals surface area contributed by atoms with Gasteiger partial charge < -0.3 is 10.4 Å². The minimum absolute atomic E-state index is 0.0228. The van der Waals surface area contributed by atoms with Crippen molar-refractivity contribution in [3.8, 4) is 0 Å². The number of aliphatic hydroxyl groups is 1. The number of pyridine rings is 1. The van der Waals surface area contributed by atoms with Gasteiger partial charge in [0.25, 0.3) is 0 Å². The van der Waals surface area contributed by atoms with E-state index in [0.717, 1.165) is 25.2 Å². The van der Waals surface area contributed by atoms with Crippen molar-refractivity contribution in [3.05, 3.63) is 30.1 Å². The molecule has 0 aliphatic rings. The van der Waals surface area contributed by atoms with Gasteiger partial charge in [0.2, 0.25) is 0 Å². The van der Waals surface area contributed by atoms with Crippen molar-refractivity contribution in [2.24, 2.45) is 5.92 Å². The zero-order valence-electron chi connectivity index (χ0n) is 11.1. The quantitative estimate of drug-likeness (QED) is 0.761. The molecule has 0 fully saturated rings. The second-order valence-corrected chi connectivity index (χ2v) is 5.19.